The molecule has 4 aromatic rings. The lowest BCUT2D eigenvalue weighted by Gasteiger charge is -2.19. The van der Waals surface area contributed by atoms with Gasteiger partial charge in [0.05, 0.1) is 11.1 Å². The number of rotatable bonds is 11. The van der Waals surface area contributed by atoms with Crippen molar-refractivity contribution in [3.8, 4) is 17.2 Å². The Bertz CT molecular complexity index is 1480. The summed E-state index contributed by atoms with van der Waals surface area (Å²) in [5.74, 6) is 1.72. The average Bonchev–Trinajstić information content (AvgIpc) is 3.25. The molecule has 3 aromatic carbocycles. The largest absolute Gasteiger partial charge is 0.490 e. The molecule has 0 amide bonds. The van der Waals surface area contributed by atoms with Crippen molar-refractivity contribution < 1.29 is 14.4 Å². The Kier molecular flexibility index (Phi) is 9.53. The number of benzene rings is 3. The van der Waals surface area contributed by atoms with Crippen LogP contribution in [-0.2, 0) is 6.61 Å². The topological polar surface area (TPSA) is 92.3 Å². The summed E-state index contributed by atoms with van der Waals surface area (Å²) in [6.07, 6.45) is 0. The highest BCUT2D eigenvalue weighted by Gasteiger charge is 2.26. The number of halogens is 2. The molecule has 4 rings (SSSR count). The van der Waals surface area contributed by atoms with Crippen molar-refractivity contribution in [1.82, 2.24) is 14.8 Å². The summed E-state index contributed by atoms with van der Waals surface area (Å²) in [7, 11) is 0. The third kappa shape index (κ3) is 7.12. The number of hydrogen-bond acceptors (Lipinski definition) is 7. The van der Waals surface area contributed by atoms with Gasteiger partial charge >= 0.3 is 0 Å². The van der Waals surface area contributed by atoms with Crippen molar-refractivity contribution in [3.05, 3.63) is 102 Å². The third-order valence-corrected chi connectivity index (χ3v) is 8.13. The van der Waals surface area contributed by atoms with Crippen LogP contribution in [-0.4, -0.2) is 32.8 Å². The van der Waals surface area contributed by atoms with Gasteiger partial charge in [-0.1, -0.05) is 41.6 Å². The summed E-state index contributed by atoms with van der Waals surface area (Å²) < 4.78 is 14.6. The van der Waals surface area contributed by atoms with Gasteiger partial charge < -0.3 is 9.47 Å². The zero-order valence-corrected chi connectivity index (χ0v) is 25.1. The summed E-state index contributed by atoms with van der Waals surface area (Å²) in [5.41, 5.74) is 4.87. The van der Waals surface area contributed by atoms with Crippen molar-refractivity contribution in [1.29, 1.82) is 0 Å². The Labute approximate surface area is 245 Å². The van der Waals surface area contributed by atoms with Gasteiger partial charge in [0.2, 0.25) is 6.54 Å². The van der Waals surface area contributed by atoms with E-state index >= 15 is 0 Å². The molecule has 1 atom stereocenters. The SMILES string of the molecule is CCOc1cc([C@@H](C[N+](=O)[O-])Sc2nnc(C)n2-c2ccc(C)c(C)c2)cc(Br)c1OCc1ccc(Cl)cc1. The molecule has 0 saturated carbocycles. The molecule has 0 aliphatic rings. The van der Waals surface area contributed by atoms with Gasteiger partial charge in [-0.3, -0.25) is 14.7 Å². The zero-order valence-electron chi connectivity index (χ0n) is 22.0. The van der Waals surface area contributed by atoms with E-state index in [1.807, 2.05) is 55.7 Å². The summed E-state index contributed by atoms with van der Waals surface area (Å²) in [4.78, 5) is 11.4. The van der Waals surface area contributed by atoms with E-state index in [-0.39, 0.29) is 11.5 Å². The quantitative estimate of drug-likeness (QED) is 0.0952. The molecule has 0 aliphatic heterocycles. The van der Waals surface area contributed by atoms with Crippen LogP contribution in [0.1, 0.15) is 40.3 Å². The molecule has 11 heteroatoms. The molecule has 0 spiro atoms. The van der Waals surface area contributed by atoms with Gasteiger partial charge in [0.25, 0.3) is 0 Å². The maximum absolute atomic E-state index is 11.7. The average molecular weight is 632 g/mol. The fraction of sp³-hybridized carbons (Fsp3) is 0.286. The van der Waals surface area contributed by atoms with Crippen LogP contribution in [0.4, 0.5) is 0 Å². The molecule has 8 nitrogen and oxygen atoms in total. The predicted octanol–water partition coefficient (Wildman–Crippen LogP) is 7.70. The molecule has 0 N–H and O–H groups in total. The molecule has 0 bridgehead atoms. The van der Waals surface area contributed by atoms with E-state index in [1.165, 1.54) is 17.3 Å². The van der Waals surface area contributed by atoms with Crippen LogP contribution in [0.3, 0.4) is 0 Å². The molecule has 0 fully saturated rings. The maximum atomic E-state index is 11.7. The van der Waals surface area contributed by atoms with E-state index in [0.717, 1.165) is 16.8 Å². The predicted molar refractivity (Wildman–Crippen MR) is 157 cm³/mol. The summed E-state index contributed by atoms with van der Waals surface area (Å²) in [6.45, 7) is 8.24. The standard InChI is InChI=1S/C28H28BrClN4O4S/c1-5-37-25-14-21(13-24(29)27(25)38-16-20-7-9-22(30)10-8-20)26(15-33(35)36)39-28-32-31-19(4)34(28)23-11-6-17(2)18(3)12-23/h6-14,26H,5,15-16H2,1-4H3/t26-/m1/s1. The van der Waals surface area contributed by atoms with Gasteiger partial charge in [0, 0.05) is 15.6 Å². The minimum Gasteiger partial charge on any atom is -0.490 e. The Morgan fingerprint density at radius 3 is 2.46 bits per heavy atom. The van der Waals surface area contributed by atoms with E-state index in [4.69, 9.17) is 21.1 Å². The summed E-state index contributed by atoms with van der Waals surface area (Å²) in [5, 5.41) is 21.0. The number of nitrogens with zero attached hydrogens (tertiary/aromatic N) is 4. The Balaban J connectivity index is 1.67. The van der Waals surface area contributed by atoms with E-state index in [0.29, 0.717) is 50.8 Å². The second-order valence-corrected chi connectivity index (χ2v) is 11.4. The highest BCUT2D eigenvalue weighted by Crippen LogP contribution is 2.43. The van der Waals surface area contributed by atoms with Crippen molar-refractivity contribution in [2.75, 3.05) is 13.2 Å². The molecular formula is C28H28BrClN4O4S. The molecule has 204 valence electrons. The van der Waals surface area contributed by atoms with Gasteiger partial charge in [-0.25, -0.2) is 0 Å². The van der Waals surface area contributed by atoms with Crippen LogP contribution in [0, 0.1) is 30.9 Å². The van der Waals surface area contributed by atoms with Crippen LogP contribution in [0.25, 0.3) is 5.69 Å². The number of nitro groups is 1. The van der Waals surface area contributed by atoms with Gasteiger partial charge in [0.1, 0.15) is 17.7 Å². The molecule has 1 heterocycles. The van der Waals surface area contributed by atoms with Crippen LogP contribution >= 0.6 is 39.3 Å². The van der Waals surface area contributed by atoms with Crippen LogP contribution < -0.4 is 9.47 Å². The van der Waals surface area contributed by atoms with Gasteiger partial charge in [0.15, 0.2) is 16.7 Å². The summed E-state index contributed by atoms with van der Waals surface area (Å²) >= 11 is 10.9. The normalized spacial score (nSPS) is 11.8. The van der Waals surface area contributed by atoms with E-state index < -0.39 is 5.25 Å². The number of thioether (sulfide) groups is 1. The van der Waals surface area contributed by atoms with E-state index in [1.54, 1.807) is 18.2 Å². The first-order valence-corrected chi connectivity index (χ1v) is 14.3. The van der Waals surface area contributed by atoms with Gasteiger partial charge in [-0.15, -0.1) is 10.2 Å². The second kappa shape index (κ2) is 12.8. The van der Waals surface area contributed by atoms with Crippen molar-refractivity contribution in [3.63, 3.8) is 0 Å². The Hall–Kier alpha value is -3.08. The number of aryl methyl sites for hydroxylation is 3. The van der Waals surface area contributed by atoms with E-state index in [9.17, 15) is 10.1 Å². The van der Waals surface area contributed by atoms with Crippen LogP contribution in [0.15, 0.2) is 64.2 Å². The monoisotopic (exact) mass is 630 g/mol. The van der Waals surface area contributed by atoms with Crippen molar-refractivity contribution in [2.24, 2.45) is 0 Å². The third-order valence-electron chi connectivity index (χ3n) is 6.11. The first-order valence-electron chi connectivity index (χ1n) is 12.3. The lowest BCUT2D eigenvalue weighted by atomic mass is 10.1. The van der Waals surface area contributed by atoms with Crippen molar-refractivity contribution >= 4 is 39.3 Å². The molecule has 0 saturated heterocycles. The minimum absolute atomic E-state index is 0.306. The molecule has 39 heavy (non-hydrogen) atoms. The lowest BCUT2D eigenvalue weighted by Crippen LogP contribution is -2.12. The van der Waals surface area contributed by atoms with Crippen molar-refractivity contribution in [2.45, 2.75) is 44.7 Å². The number of aromatic nitrogens is 3. The maximum Gasteiger partial charge on any atom is 0.220 e. The highest BCUT2D eigenvalue weighted by atomic mass is 79.9. The molecule has 0 unspecified atom stereocenters. The second-order valence-electron chi connectivity index (χ2n) is 8.93. The fourth-order valence-electron chi connectivity index (χ4n) is 3.97. The fourth-order valence-corrected chi connectivity index (χ4v) is 5.82. The Morgan fingerprint density at radius 1 is 1.05 bits per heavy atom. The molecule has 0 aliphatic carbocycles. The molecule has 1 aromatic heterocycles. The Morgan fingerprint density at radius 2 is 1.79 bits per heavy atom. The van der Waals surface area contributed by atoms with E-state index in [2.05, 4.69) is 39.1 Å². The lowest BCUT2D eigenvalue weighted by molar-refractivity contribution is -0.479. The first-order chi connectivity index (χ1) is 18.7. The zero-order chi connectivity index (χ0) is 28.1. The molecule has 0 radical (unpaired) electrons. The van der Waals surface area contributed by atoms with Crippen LogP contribution in [0.5, 0.6) is 11.5 Å². The number of hydrogen-bond donors (Lipinski definition) is 0. The minimum atomic E-state index is -0.560. The van der Waals surface area contributed by atoms with Gasteiger partial charge in [-0.05, 0) is 102 Å². The summed E-state index contributed by atoms with van der Waals surface area (Å²) in [6, 6.07) is 17.1. The van der Waals surface area contributed by atoms with Gasteiger partial charge in [-0.2, -0.15) is 0 Å². The first kappa shape index (κ1) is 28.9. The smallest absolute Gasteiger partial charge is 0.220 e. The molecular weight excluding hydrogens is 604 g/mol. The number of ether oxygens (including phenoxy) is 2. The highest BCUT2D eigenvalue weighted by molar-refractivity contribution is 9.10. The van der Waals surface area contributed by atoms with Crippen LogP contribution in [0.2, 0.25) is 5.02 Å².